The SMILES string of the molecule is CCOC(=O)CCC(=O)Cc1ccc(C(C)(C)C)cc1. The molecule has 0 heterocycles. The van der Waals surface area contributed by atoms with Crippen LogP contribution in [-0.2, 0) is 26.2 Å². The summed E-state index contributed by atoms with van der Waals surface area (Å²) in [5.41, 5.74) is 2.36. The van der Waals surface area contributed by atoms with E-state index in [0.29, 0.717) is 13.0 Å². The zero-order valence-electron chi connectivity index (χ0n) is 12.9. The molecular weight excluding hydrogens is 252 g/mol. The summed E-state index contributed by atoms with van der Waals surface area (Å²) < 4.78 is 4.80. The Balaban J connectivity index is 2.48. The van der Waals surface area contributed by atoms with Crippen molar-refractivity contribution in [2.24, 2.45) is 0 Å². The Morgan fingerprint density at radius 3 is 2.15 bits per heavy atom. The quantitative estimate of drug-likeness (QED) is 0.748. The van der Waals surface area contributed by atoms with Gasteiger partial charge in [0.2, 0.25) is 0 Å². The Morgan fingerprint density at radius 1 is 1.05 bits per heavy atom. The lowest BCUT2D eigenvalue weighted by Gasteiger charge is -2.19. The van der Waals surface area contributed by atoms with E-state index in [-0.39, 0.29) is 30.0 Å². The largest absolute Gasteiger partial charge is 0.466 e. The van der Waals surface area contributed by atoms with Gasteiger partial charge < -0.3 is 4.74 Å². The third-order valence-electron chi connectivity index (χ3n) is 3.13. The molecule has 0 aliphatic rings. The van der Waals surface area contributed by atoms with E-state index in [1.807, 2.05) is 12.1 Å². The monoisotopic (exact) mass is 276 g/mol. The second kappa shape index (κ2) is 7.22. The van der Waals surface area contributed by atoms with Gasteiger partial charge in [-0.15, -0.1) is 0 Å². The summed E-state index contributed by atoms with van der Waals surface area (Å²) in [6, 6.07) is 8.10. The van der Waals surface area contributed by atoms with E-state index >= 15 is 0 Å². The number of esters is 1. The van der Waals surface area contributed by atoms with Crippen LogP contribution in [0.2, 0.25) is 0 Å². The summed E-state index contributed by atoms with van der Waals surface area (Å²) in [4.78, 5) is 23.0. The third kappa shape index (κ3) is 5.55. The highest BCUT2D eigenvalue weighted by Gasteiger charge is 2.13. The lowest BCUT2D eigenvalue weighted by atomic mass is 9.86. The highest BCUT2D eigenvalue weighted by atomic mass is 16.5. The maximum absolute atomic E-state index is 11.8. The molecule has 1 aromatic rings. The van der Waals surface area contributed by atoms with Gasteiger partial charge in [0.05, 0.1) is 13.0 Å². The molecule has 0 aliphatic carbocycles. The summed E-state index contributed by atoms with van der Waals surface area (Å²) in [5.74, 6) is -0.231. The number of hydrogen-bond acceptors (Lipinski definition) is 3. The van der Waals surface area contributed by atoms with E-state index in [1.165, 1.54) is 5.56 Å². The first-order valence-corrected chi connectivity index (χ1v) is 7.09. The highest BCUT2D eigenvalue weighted by molar-refractivity contribution is 5.84. The van der Waals surface area contributed by atoms with Crippen LogP contribution < -0.4 is 0 Å². The summed E-state index contributed by atoms with van der Waals surface area (Å²) in [5, 5.41) is 0. The fourth-order valence-corrected chi connectivity index (χ4v) is 1.91. The van der Waals surface area contributed by atoms with Crippen LogP contribution in [0, 0.1) is 0 Å². The standard InChI is InChI=1S/C17H24O3/c1-5-20-16(19)11-10-15(18)12-13-6-8-14(9-7-13)17(2,3)4/h6-9H,5,10-12H2,1-4H3. The molecule has 0 radical (unpaired) electrons. The van der Waals surface area contributed by atoms with Crippen molar-refractivity contribution in [3.05, 3.63) is 35.4 Å². The molecule has 0 aromatic heterocycles. The van der Waals surface area contributed by atoms with Crippen LogP contribution in [0.25, 0.3) is 0 Å². The van der Waals surface area contributed by atoms with E-state index < -0.39 is 0 Å². The van der Waals surface area contributed by atoms with Gasteiger partial charge in [-0.2, -0.15) is 0 Å². The van der Waals surface area contributed by atoms with E-state index in [2.05, 4.69) is 32.9 Å². The van der Waals surface area contributed by atoms with Gasteiger partial charge in [0.1, 0.15) is 5.78 Å². The first-order chi connectivity index (χ1) is 9.32. The van der Waals surface area contributed by atoms with Gasteiger partial charge in [-0.3, -0.25) is 9.59 Å². The molecule has 0 bridgehead atoms. The van der Waals surface area contributed by atoms with Crippen LogP contribution in [0.5, 0.6) is 0 Å². The van der Waals surface area contributed by atoms with Crippen molar-refractivity contribution in [1.29, 1.82) is 0 Å². The fourth-order valence-electron chi connectivity index (χ4n) is 1.91. The van der Waals surface area contributed by atoms with E-state index in [1.54, 1.807) is 6.92 Å². The molecule has 3 heteroatoms. The van der Waals surface area contributed by atoms with Crippen molar-refractivity contribution < 1.29 is 14.3 Å². The first-order valence-electron chi connectivity index (χ1n) is 7.09. The molecule has 0 aliphatic heterocycles. The molecule has 110 valence electrons. The van der Waals surface area contributed by atoms with Gasteiger partial charge >= 0.3 is 5.97 Å². The molecule has 0 saturated heterocycles. The number of Topliss-reactive ketones (excluding diaryl/α,β-unsaturated/α-hetero) is 1. The molecule has 0 unspecified atom stereocenters. The summed E-state index contributed by atoms with van der Waals surface area (Å²) in [7, 11) is 0. The number of ether oxygens (including phenoxy) is 1. The highest BCUT2D eigenvalue weighted by Crippen LogP contribution is 2.22. The zero-order valence-corrected chi connectivity index (χ0v) is 12.9. The Bertz CT molecular complexity index is 452. The van der Waals surface area contributed by atoms with Gasteiger partial charge in [0, 0.05) is 12.8 Å². The van der Waals surface area contributed by atoms with E-state index in [9.17, 15) is 9.59 Å². The maximum atomic E-state index is 11.8. The minimum absolute atomic E-state index is 0.0709. The number of ketones is 1. The molecule has 0 atom stereocenters. The smallest absolute Gasteiger partial charge is 0.306 e. The van der Waals surface area contributed by atoms with Crippen molar-refractivity contribution in [3.63, 3.8) is 0 Å². The minimum Gasteiger partial charge on any atom is -0.466 e. The van der Waals surface area contributed by atoms with Crippen LogP contribution >= 0.6 is 0 Å². The molecule has 20 heavy (non-hydrogen) atoms. The molecule has 0 spiro atoms. The second-order valence-corrected chi connectivity index (χ2v) is 5.97. The fraction of sp³-hybridized carbons (Fsp3) is 0.529. The number of rotatable bonds is 6. The van der Waals surface area contributed by atoms with E-state index in [0.717, 1.165) is 5.56 Å². The lowest BCUT2D eigenvalue weighted by Crippen LogP contribution is -2.12. The van der Waals surface area contributed by atoms with Crippen molar-refractivity contribution in [3.8, 4) is 0 Å². The predicted molar refractivity (Wildman–Crippen MR) is 79.7 cm³/mol. The minimum atomic E-state index is -0.302. The van der Waals surface area contributed by atoms with Crippen LogP contribution in [0.15, 0.2) is 24.3 Å². The van der Waals surface area contributed by atoms with Crippen LogP contribution in [0.1, 0.15) is 51.7 Å². The summed E-state index contributed by atoms with van der Waals surface area (Å²) in [6.07, 6.45) is 0.802. The van der Waals surface area contributed by atoms with Gasteiger partial charge in [-0.25, -0.2) is 0 Å². The van der Waals surface area contributed by atoms with Crippen molar-refractivity contribution in [1.82, 2.24) is 0 Å². The molecule has 0 N–H and O–H groups in total. The average molecular weight is 276 g/mol. The topological polar surface area (TPSA) is 43.4 Å². The Labute approximate surface area is 121 Å². The molecular formula is C17H24O3. The number of carbonyl (C=O) groups is 2. The van der Waals surface area contributed by atoms with Crippen molar-refractivity contribution in [2.45, 2.75) is 52.4 Å². The normalized spacial score (nSPS) is 11.2. The molecule has 1 rings (SSSR count). The molecule has 3 nitrogen and oxygen atoms in total. The molecule has 0 fully saturated rings. The summed E-state index contributed by atoms with van der Waals surface area (Å²) in [6.45, 7) is 8.60. The van der Waals surface area contributed by atoms with Gasteiger partial charge in [0.25, 0.3) is 0 Å². The first kappa shape index (κ1) is 16.4. The van der Waals surface area contributed by atoms with Crippen molar-refractivity contribution in [2.75, 3.05) is 6.61 Å². The second-order valence-electron chi connectivity index (χ2n) is 5.97. The maximum Gasteiger partial charge on any atom is 0.306 e. The zero-order chi connectivity index (χ0) is 15.2. The molecule has 0 amide bonds. The van der Waals surface area contributed by atoms with E-state index in [4.69, 9.17) is 4.74 Å². The molecule has 0 saturated carbocycles. The van der Waals surface area contributed by atoms with Gasteiger partial charge in [-0.1, -0.05) is 45.0 Å². The Hall–Kier alpha value is -1.64. The summed E-state index contributed by atoms with van der Waals surface area (Å²) >= 11 is 0. The Morgan fingerprint density at radius 2 is 1.65 bits per heavy atom. The number of benzene rings is 1. The van der Waals surface area contributed by atoms with Crippen LogP contribution in [0.3, 0.4) is 0 Å². The Kier molecular flexibility index (Phi) is 5.93. The predicted octanol–water partition coefficient (Wildman–Crippen LogP) is 3.44. The molecule has 1 aromatic carbocycles. The van der Waals surface area contributed by atoms with Crippen LogP contribution in [-0.4, -0.2) is 18.4 Å². The lowest BCUT2D eigenvalue weighted by molar-refractivity contribution is -0.144. The number of hydrogen-bond donors (Lipinski definition) is 0. The van der Waals surface area contributed by atoms with Gasteiger partial charge in [-0.05, 0) is 23.5 Å². The van der Waals surface area contributed by atoms with Gasteiger partial charge in [0.15, 0.2) is 0 Å². The average Bonchev–Trinajstić information content (AvgIpc) is 2.36. The van der Waals surface area contributed by atoms with Crippen molar-refractivity contribution >= 4 is 11.8 Å². The van der Waals surface area contributed by atoms with Crippen LogP contribution in [0.4, 0.5) is 0 Å². The number of carbonyl (C=O) groups excluding carboxylic acids is 2. The third-order valence-corrected chi connectivity index (χ3v) is 3.13.